The normalized spacial score (nSPS) is 10.6. The molecule has 0 amide bonds. The van der Waals surface area contributed by atoms with Crippen molar-refractivity contribution in [2.24, 2.45) is 0 Å². The molecule has 0 bridgehead atoms. The first-order chi connectivity index (χ1) is 9.52. The number of benzene rings is 2. The van der Waals surface area contributed by atoms with Crippen LogP contribution in [0.2, 0.25) is 5.02 Å². The second-order valence-corrected chi connectivity index (χ2v) is 6.44. The predicted octanol–water partition coefficient (Wildman–Crippen LogP) is 4.86. The van der Waals surface area contributed by atoms with E-state index in [1.54, 1.807) is 0 Å². The molecule has 0 heterocycles. The van der Waals surface area contributed by atoms with Crippen molar-refractivity contribution in [2.45, 2.75) is 25.2 Å². The van der Waals surface area contributed by atoms with Crippen LogP contribution in [0.4, 0.5) is 0 Å². The highest BCUT2D eigenvalue weighted by Crippen LogP contribution is 2.22. The molecule has 0 N–H and O–H groups in total. The van der Waals surface area contributed by atoms with E-state index < -0.39 is 0 Å². The van der Waals surface area contributed by atoms with Gasteiger partial charge in [-0.1, -0.05) is 47.0 Å². The smallest absolute Gasteiger partial charge is 0.147 e. The summed E-state index contributed by atoms with van der Waals surface area (Å²) < 4.78 is 0. The third kappa shape index (κ3) is 4.69. The summed E-state index contributed by atoms with van der Waals surface area (Å²) in [5, 5.41) is 0.705. The van der Waals surface area contributed by atoms with Gasteiger partial charge in [0.15, 0.2) is 0 Å². The van der Waals surface area contributed by atoms with Crippen molar-refractivity contribution >= 4 is 29.1 Å². The summed E-state index contributed by atoms with van der Waals surface area (Å²) in [6.45, 7) is 4.11. The van der Waals surface area contributed by atoms with E-state index in [1.165, 1.54) is 22.9 Å². The molecule has 20 heavy (non-hydrogen) atoms. The fraction of sp³-hybridized carbons (Fsp3) is 0.235. The molecule has 0 atom stereocenters. The van der Waals surface area contributed by atoms with Gasteiger partial charge in [-0.2, -0.15) is 0 Å². The lowest BCUT2D eigenvalue weighted by Crippen LogP contribution is -2.06. The highest BCUT2D eigenvalue weighted by atomic mass is 35.5. The first kappa shape index (κ1) is 15.1. The number of thioether (sulfide) groups is 1. The van der Waals surface area contributed by atoms with Gasteiger partial charge in [0.2, 0.25) is 0 Å². The van der Waals surface area contributed by atoms with Crippen LogP contribution < -0.4 is 0 Å². The molecule has 0 radical (unpaired) electrons. The third-order valence-corrected chi connectivity index (χ3v) is 4.17. The van der Waals surface area contributed by atoms with Crippen molar-refractivity contribution in [2.75, 3.05) is 5.75 Å². The van der Waals surface area contributed by atoms with E-state index in [0.717, 1.165) is 10.5 Å². The average molecular weight is 305 g/mol. The van der Waals surface area contributed by atoms with E-state index in [-0.39, 0.29) is 5.78 Å². The van der Waals surface area contributed by atoms with Crippen molar-refractivity contribution in [3.05, 3.63) is 64.2 Å². The lowest BCUT2D eigenvalue weighted by atomic mass is 10.0. The van der Waals surface area contributed by atoms with Crippen LogP contribution in [0.1, 0.15) is 16.7 Å². The number of halogens is 1. The molecule has 0 saturated carbocycles. The minimum absolute atomic E-state index is 0.236. The molecule has 0 saturated heterocycles. The molecule has 0 fully saturated rings. The Morgan fingerprint density at radius 2 is 1.80 bits per heavy atom. The van der Waals surface area contributed by atoms with Crippen LogP contribution in [0.15, 0.2) is 47.4 Å². The number of aryl methyl sites for hydroxylation is 2. The van der Waals surface area contributed by atoms with Crippen LogP contribution in [0, 0.1) is 13.8 Å². The molecule has 0 aromatic heterocycles. The summed E-state index contributed by atoms with van der Waals surface area (Å²) in [6.07, 6.45) is 0.496. The summed E-state index contributed by atoms with van der Waals surface area (Å²) in [5.41, 5.74) is 3.50. The first-order valence-corrected chi connectivity index (χ1v) is 7.86. The van der Waals surface area contributed by atoms with Crippen LogP contribution in [-0.2, 0) is 11.2 Å². The van der Waals surface area contributed by atoms with Crippen molar-refractivity contribution in [3.63, 3.8) is 0 Å². The molecule has 0 aliphatic heterocycles. The van der Waals surface area contributed by atoms with Gasteiger partial charge in [-0.25, -0.2) is 0 Å². The zero-order chi connectivity index (χ0) is 14.5. The Balaban J connectivity index is 1.92. The topological polar surface area (TPSA) is 17.1 Å². The molecular formula is C17H17ClOS. The van der Waals surface area contributed by atoms with E-state index in [9.17, 15) is 4.79 Å². The van der Waals surface area contributed by atoms with E-state index in [2.05, 4.69) is 32.0 Å². The van der Waals surface area contributed by atoms with Crippen molar-refractivity contribution in [1.82, 2.24) is 0 Å². The number of hydrogen-bond donors (Lipinski definition) is 0. The number of carbonyl (C=O) groups excluding carboxylic acids is 1. The number of carbonyl (C=O) groups is 1. The summed E-state index contributed by atoms with van der Waals surface area (Å²) in [5.74, 6) is 0.716. The maximum atomic E-state index is 12.0. The van der Waals surface area contributed by atoms with Gasteiger partial charge in [0.1, 0.15) is 5.78 Å². The molecule has 104 valence electrons. The first-order valence-electron chi connectivity index (χ1n) is 6.50. The Morgan fingerprint density at radius 1 is 1.10 bits per heavy atom. The quantitative estimate of drug-likeness (QED) is 0.734. The van der Waals surface area contributed by atoms with Crippen molar-refractivity contribution in [3.8, 4) is 0 Å². The summed E-state index contributed by atoms with van der Waals surface area (Å²) in [4.78, 5) is 13.1. The van der Waals surface area contributed by atoms with Gasteiger partial charge < -0.3 is 0 Å². The fourth-order valence-electron chi connectivity index (χ4n) is 2.17. The zero-order valence-corrected chi connectivity index (χ0v) is 13.2. The van der Waals surface area contributed by atoms with Crippen molar-refractivity contribution < 1.29 is 4.79 Å². The molecule has 2 rings (SSSR count). The Bertz CT molecular complexity index is 602. The second kappa shape index (κ2) is 6.96. The van der Waals surface area contributed by atoms with Crippen LogP contribution in [0.3, 0.4) is 0 Å². The van der Waals surface area contributed by atoms with Gasteiger partial charge in [-0.3, -0.25) is 4.79 Å². The number of Topliss-reactive ketones (excluding diaryl/α,β-unsaturated/α-hetero) is 1. The van der Waals surface area contributed by atoms with E-state index in [4.69, 9.17) is 11.6 Å². The van der Waals surface area contributed by atoms with E-state index in [1.807, 2.05) is 24.3 Å². The van der Waals surface area contributed by atoms with Crippen LogP contribution >= 0.6 is 23.4 Å². The molecule has 0 spiro atoms. The Morgan fingerprint density at radius 3 is 2.45 bits per heavy atom. The molecule has 2 aromatic carbocycles. The monoisotopic (exact) mass is 304 g/mol. The highest BCUT2D eigenvalue weighted by Gasteiger charge is 2.06. The van der Waals surface area contributed by atoms with Gasteiger partial charge in [-0.05, 0) is 37.6 Å². The standard InChI is InChI=1S/C17H17ClOS/c1-12-6-13(2)8-14(7-12)9-16(19)11-20-17-5-3-4-15(18)10-17/h3-8,10H,9,11H2,1-2H3. The number of rotatable bonds is 5. The predicted molar refractivity (Wildman–Crippen MR) is 86.8 cm³/mol. The molecule has 0 aliphatic rings. The van der Waals surface area contributed by atoms with Crippen LogP contribution in [0.25, 0.3) is 0 Å². The average Bonchev–Trinajstić information content (AvgIpc) is 2.35. The van der Waals surface area contributed by atoms with Gasteiger partial charge in [-0.15, -0.1) is 11.8 Å². The van der Waals surface area contributed by atoms with Gasteiger partial charge in [0.05, 0.1) is 5.75 Å². The Hall–Kier alpha value is -1.25. The largest absolute Gasteiger partial charge is 0.298 e. The summed E-state index contributed by atoms with van der Waals surface area (Å²) in [7, 11) is 0. The third-order valence-electron chi connectivity index (χ3n) is 2.88. The molecule has 1 nitrogen and oxygen atoms in total. The lowest BCUT2D eigenvalue weighted by molar-refractivity contribution is -0.116. The van der Waals surface area contributed by atoms with Gasteiger partial charge in [0.25, 0.3) is 0 Å². The molecule has 2 aromatic rings. The minimum atomic E-state index is 0.236. The highest BCUT2D eigenvalue weighted by molar-refractivity contribution is 8.00. The second-order valence-electron chi connectivity index (χ2n) is 4.96. The summed E-state index contributed by atoms with van der Waals surface area (Å²) >= 11 is 7.46. The molecule has 3 heteroatoms. The lowest BCUT2D eigenvalue weighted by Gasteiger charge is -2.05. The fourth-order valence-corrected chi connectivity index (χ4v) is 3.24. The maximum absolute atomic E-state index is 12.0. The summed E-state index contributed by atoms with van der Waals surface area (Å²) in [6, 6.07) is 13.9. The van der Waals surface area contributed by atoms with E-state index in [0.29, 0.717) is 17.2 Å². The van der Waals surface area contributed by atoms with Crippen molar-refractivity contribution in [1.29, 1.82) is 0 Å². The van der Waals surface area contributed by atoms with Gasteiger partial charge >= 0.3 is 0 Å². The zero-order valence-electron chi connectivity index (χ0n) is 11.7. The maximum Gasteiger partial charge on any atom is 0.147 e. The Kier molecular flexibility index (Phi) is 5.27. The molecular weight excluding hydrogens is 288 g/mol. The Labute approximate surface area is 129 Å². The molecule has 0 unspecified atom stereocenters. The molecule has 0 aliphatic carbocycles. The number of ketones is 1. The number of hydrogen-bond acceptors (Lipinski definition) is 2. The van der Waals surface area contributed by atoms with Crippen LogP contribution in [-0.4, -0.2) is 11.5 Å². The SMILES string of the molecule is Cc1cc(C)cc(CC(=O)CSc2cccc(Cl)c2)c1. The van der Waals surface area contributed by atoms with Gasteiger partial charge in [0, 0.05) is 16.3 Å². The van der Waals surface area contributed by atoms with E-state index >= 15 is 0 Å². The minimum Gasteiger partial charge on any atom is -0.298 e. The van der Waals surface area contributed by atoms with Crippen LogP contribution in [0.5, 0.6) is 0 Å².